The second-order valence-electron chi connectivity index (χ2n) is 17.9. The first-order valence-corrected chi connectivity index (χ1v) is 23.3. The van der Waals surface area contributed by atoms with Crippen LogP contribution in [-0.2, 0) is 41.6 Å². The van der Waals surface area contributed by atoms with Gasteiger partial charge in [0.15, 0.2) is 12.4 Å². The summed E-state index contributed by atoms with van der Waals surface area (Å²) in [4.78, 5) is 91.0. The summed E-state index contributed by atoms with van der Waals surface area (Å²) < 4.78 is 18.0. The van der Waals surface area contributed by atoms with Gasteiger partial charge in [-0.25, -0.2) is 9.59 Å². The minimum absolute atomic E-state index is 0.0608. The van der Waals surface area contributed by atoms with Crippen molar-refractivity contribution in [2.75, 3.05) is 45.9 Å². The van der Waals surface area contributed by atoms with E-state index in [0.29, 0.717) is 46.6 Å². The molecule has 2 unspecified atom stereocenters. The summed E-state index contributed by atoms with van der Waals surface area (Å²) in [5.41, 5.74) is 3.21. The van der Waals surface area contributed by atoms with Gasteiger partial charge in [0, 0.05) is 62.0 Å². The molecule has 4 amide bonds. The number of phenols is 3. The maximum Gasteiger partial charge on any atom is 0.510 e. The van der Waals surface area contributed by atoms with Crippen LogP contribution in [0.25, 0.3) is 28.0 Å². The number of aromatic nitrogens is 4. The number of ether oxygens (including phenoxy) is 3. The fourth-order valence-corrected chi connectivity index (χ4v) is 9.97. The van der Waals surface area contributed by atoms with Gasteiger partial charge in [0.25, 0.3) is 23.6 Å². The van der Waals surface area contributed by atoms with Crippen LogP contribution in [0.2, 0.25) is 0 Å². The molecule has 4 N–H and O–H groups in total. The molecule has 0 bridgehead atoms. The highest BCUT2D eigenvalue weighted by molar-refractivity contribution is 6.02. The number of amides is 4. The number of phenolic OH excluding ortho intramolecular Hbond substituents is 3. The predicted molar refractivity (Wildman–Crippen MR) is 249 cm³/mol. The van der Waals surface area contributed by atoms with Crippen LogP contribution in [0.5, 0.6) is 17.2 Å². The molecule has 5 aromatic rings. The Balaban J connectivity index is 0.843. The van der Waals surface area contributed by atoms with Crippen LogP contribution in [0, 0.1) is 0 Å². The first kappa shape index (κ1) is 47.1. The molecule has 0 saturated carbocycles. The molecule has 4 aliphatic rings. The second-order valence-corrected chi connectivity index (χ2v) is 17.9. The Bertz CT molecular complexity index is 3030. The molecule has 3 aromatic carbocycles. The van der Waals surface area contributed by atoms with Gasteiger partial charge in [-0.3, -0.25) is 28.7 Å². The van der Waals surface area contributed by atoms with Crippen LogP contribution >= 0.6 is 0 Å². The molecule has 364 valence electrons. The predicted octanol–water partition coefficient (Wildman–Crippen LogP) is 4.96. The van der Waals surface area contributed by atoms with E-state index in [1.807, 2.05) is 20.8 Å². The van der Waals surface area contributed by atoms with E-state index in [0.717, 1.165) is 16.5 Å². The maximum absolute atomic E-state index is 14.1. The van der Waals surface area contributed by atoms with Gasteiger partial charge >= 0.3 is 12.1 Å². The molecule has 70 heavy (non-hydrogen) atoms. The summed E-state index contributed by atoms with van der Waals surface area (Å²) in [5.74, 6) is -2.89. The zero-order valence-electron chi connectivity index (χ0n) is 39.3. The number of cyclic esters (lactones) is 1. The van der Waals surface area contributed by atoms with Crippen LogP contribution in [-0.4, -0.2) is 137 Å². The normalized spacial score (nSPS) is 18.7. The number of esters is 1. The lowest BCUT2D eigenvalue weighted by molar-refractivity contribution is -0.168. The summed E-state index contributed by atoms with van der Waals surface area (Å²) in [7, 11) is 0. The summed E-state index contributed by atoms with van der Waals surface area (Å²) >= 11 is 0. The number of pyridine rings is 1. The number of carbonyl (C=O) groups is 6. The summed E-state index contributed by atoms with van der Waals surface area (Å²) in [5, 5.41) is 43.4. The van der Waals surface area contributed by atoms with Crippen LogP contribution in [0.3, 0.4) is 0 Å². The lowest BCUT2D eigenvalue weighted by Crippen LogP contribution is -2.54. The molecule has 2 atom stereocenters. The van der Waals surface area contributed by atoms with Crippen molar-refractivity contribution >= 4 is 46.7 Å². The number of nitrogens with zero attached hydrogens (tertiary/aromatic N) is 7. The Morgan fingerprint density at radius 3 is 2.33 bits per heavy atom. The lowest BCUT2D eigenvalue weighted by atomic mass is 9.78. The second kappa shape index (κ2) is 18.5. The Hall–Kier alpha value is -8.03. The maximum atomic E-state index is 14.1. The molecule has 4 aliphatic heterocycles. The summed E-state index contributed by atoms with van der Waals surface area (Å²) in [6.45, 7) is 9.30. The fourth-order valence-electron chi connectivity index (χ4n) is 9.97. The van der Waals surface area contributed by atoms with Gasteiger partial charge in [0.05, 0.1) is 28.4 Å². The molecule has 2 aromatic heterocycles. The number of hydrogen-bond donors (Lipinski definition) is 4. The van der Waals surface area contributed by atoms with Crippen molar-refractivity contribution in [2.24, 2.45) is 0 Å². The molecule has 1 fully saturated rings. The SMILES string of the molecule is CCNC(=O)c1nnc(-c2cc(C(C)C)c(O)cc2O)n1-c1ccc(C(=O)N2CCN(C(=O)COC(=O)OC3(CC)C(=O)OCC4=C3CC3c5nc6ccc(O)cc6c(CC)c5CN3C4=O)CC2)cc1. The van der Waals surface area contributed by atoms with E-state index in [9.17, 15) is 44.1 Å². The molecule has 1 saturated heterocycles. The summed E-state index contributed by atoms with van der Waals surface area (Å²) in [6, 6.07) is 13.6. The Labute approximate surface area is 401 Å². The number of carbonyl (C=O) groups excluding carboxylic acids is 6. The van der Waals surface area contributed by atoms with Gasteiger partial charge in [0.1, 0.15) is 23.9 Å². The van der Waals surface area contributed by atoms with Crippen molar-refractivity contribution in [3.8, 4) is 34.3 Å². The average molecular weight is 957 g/mol. The van der Waals surface area contributed by atoms with Gasteiger partial charge in [-0.05, 0) is 103 Å². The molecule has 20 nitrogen and oxygen atoms in total. The molecule has 6 heterocycles. The zero-order valence-corrected chi connectivity index (χ0v) is 39.3. The Morgan fingerprint density at radius 1 is 0.914 bits per heavy atom. The molecular formula is C50H52N8O12. The van der Waals surface area contributed by atoms with Crippen LogP contribution in [0.4, 0.5) is 4.79 Å². The number of nitrogens with one attached hydrogen (secondary N) is 1. The van der Waals surface area contributed by atoms with Crippen molar-refractivity contribution in [2.45, 2.75) is 78.0 Å². The van der Waals surface area contributed by atoms with E-state index in [4.69, 9.17) is 19.2 Å². The number of rotatable bonds is 11. The van der Waals surface area contributed by atoms with Crippen molar-refractivity contribution in [1.82, 2.24) is 39.8 Å². The van der Waals surface area contributed by atoms with Crippen LogP contribution in [0.15, 0.2) is 65.7 Å². The number of fused-ring (bicyclic) bond motifs is 4. The van der Waals surface area contributed by atoms with Crippen molar-refractivity contribution < 1.29 is 58.3 Å². The molecule has 20 heteroatoms. The largest absolute Gasteiger partial charge is 0.510 e. The van der Waals surface area contributed by atoms with E-state index < -0.39 is 42.2 Å². The van der Waals surface area contributed by atoms with E-state index in [1.54, 1.807) is 72.2 Å². The topological polar surface area (TPSA) is 256 Å². The number of aromatic hydroxyl groups is 3. The average Bonchev–Trinajstić information content (AvgIpc) is 3.96. The molecular weight excluding hydrogens is 905 g/mol. The van der Waals surface area contributed by atoms with Crippen LogP contribution < -0.4 is 5.32 Å². The number of hydrogen-bond acceptors (Lipinski definition) is 15. The Morgan fingerprint density at radius 2 is 1.64 bits per heavy atom. The number of aryl methyl sites for hydroxylation is 1. The third-order valence-corrected chi connectivity index (χ3v) is 13.6. The quantitative estimate of drug-likeness (QED) is 0.128. The molecule has 0 aliphatic carbocycles. The fraction of sp³-hybridized carbons (Fsp3) is 0.380. The minimum Gasteiger partial charge on any atom is -0.508 e. The zero-order chi connectivity index (χ0) is 49.8. The minimum atomic E-state index is -1.99. The van der Waals surface area contributed by atoms with Crippen molar-refractivity contribution in [1.29, 1.82) is 0 Å². The third-order valence-electron chi connectivity index (χ3n) is 13.6. The number of piperazine rings is 1. The van der Waals surface area contributed by atoms with E-state index in [2.05, 4.69) is 15.5 Å². The van der Waals surface area contributed by atoms with Gasteiger partial charge in [-0.1, -0.05) is 27.7 Å². The van der Waals surface area contributed by atoms with E-state index in [-0.39, 0.29) is 110 Å². The molecule has 0 spiro atoms. The highest BCUT2D eigenvalue weighted by atomic mass is 16.7. The summed E-state index contributed by atoms with van der Waals surface area (Å²) in [6.07, 6.45) is -0.608. The number of benzene rings is 3. The van der Waals surface area contributed by atoms with Crippen molar-refractivity contribution in [3.63, 3.8) is 0 Å². The highest BCUT2D eigenvalue weighted by Gasteiger charge is 2.56. The molecule has 0 radical (unpaired) electrons. The van der Waals surface area contributed by atoms with Crippen LogP contribution in [0.1, 0.15) is 103 Å². The van der Waals surface area contributed by atoms with E-state index >= 15 is 0 Å². The lowest BCUT2D eigenvalue weighted by Gasteiger charge is -2.42. The first-order valence-electron chi connectivity index (χ1n) is 23.3. The van der Waals surface area contributed by atoms with Gasteiger partial charge < -0.3 is 49.5 Å². The van der Waals surface area contributed by atoms with Gasteiger partial charge in [0.2, 0.25) is 11.4 Å². The molecule has 9 rings (SSSR count). The van der Waals surface area contributed by atoms with Gasteiger partial charge in [-0.2, -0.15) is 0 Å². The third kappa shape index (κ3) is 8.05. The van der Waals surface area contributed by atoms with Crippen molar-refractivity contribution in [3.05, 3.63) is 99.5 Å². The standard InChI is InChI=1S/C50H52N8O12/c1-6-30-32-19-29(59)13-14-37(32)52-42-34(30)23-57-38(42)21-36-35(47(57)65)24-68-48(66)50(36,7-2)70-49(67)69-25-41(62)55-15-17-56(18-16-55)46(64)27-9-11-28(12-10-27)58-43(53-54-44(58)45(63)51-8-3)33-20-31(26(4)5)39(60)22-40(33)61/h9-14,19-20,22,26,38,59-61H,6-8,15-18,21,23-25H2,1-5H3,(H,51,63). The monoisotopic (exact) mass is 956 g/mol. The Kier molecular flexibility index (Phi) is 12.4. The smallest absolute Gasteiger partial charge is 0.508 e. The van der Waals surface area contributed by atoms with E-state index in [1.165, 1.54) is 15.5 Å². The highest BCUT2D eigenvalue weighted by Crippen LogP contribution is 2.50. The van der Waals surface area contributed by atoms with Gasteiger partial charge in [-0.15, -0.1) is 10.2 Å². The first-order chi connectivity index (χ1) is 33.6.